The Balaban J connectivity index is 1.66. The van der Waals surface area contributed by atoms with Gasteiger partial charge in [0, 0.05) is 24.7 Å². The second-order valence-electron chi connectivity index (χ2n) is 5.60. The molecule has 0 aromatic heterocycles. The summed E-state index contributed by atoms with van der Waals surface area (Å²) in [4.78, 5) is 14.2. The number of nitrogens with zero attached hydrogens (tertiary/aromatic N) is 1. The van der Waals surface area contributed by atoms with Crippen LogP contribution in [0.5, 0.6) is 5.75 Å². The lowest BCUT2D eigenvalue weighted by molar-refractivity contribution is 0.0790. The van der Waals surface area contributed by atoms with Gasteiger partial charge in [-0.05, 0) is 30.2 Å². The molecule has 1 aliphatic rings. The summed E-state index contributed by atoms with van der Waals surface area (Å²) in [6.45, 7) is 1.86. The molecule has 0 unspecified atom stereocenters. The van der Waals surface area contributed by atoms with Crippen LogP contribution in [0, 0.1) is 0 Å². The Morgan fingerprint density at radius 2 is 2.00 bits per heavy atom. The average Bonchev–Trinajstić information content (AvgIpc) is 3.00. The van der Waals surface area contributed by atoms with E-state index in [1.165, 1.54) is 0 Å². The molecule has 0 spiro atoms. The number of carbonyl (C=O) groups is 1. The molecular weight excluding hydrogens is 276 g/mol. The number of amides is 1. The first-order valence-corrected chi connectivity index (χ1v) is 7.54. The predicted octanol–water partition coefficient (Wildman–Crippen LogP) is 2.44. The van der Waals surface area contributed by atoms with Crippen molar-refractivity contribution in [1.82, 2.24) is 4.90 Å². The third-order valence-electron chi connectivity index (χ3n) is 3.84. The fourth-order valence-corrected chi connectivity index (χ4v) is 2.61. The minimum atomic E-state index is 0.0260. The molecule has 4 nitrogen and oxygen atoms in total. The zero-order valence-corrected chi connectivity index (χ0v) is 12.4. The molecule has 1 heterocycles. The first-order valence-electron chi connectivity index (χ1n) is 7.54. The maximum atomic E-state index is 12.4. The van der Waals surface area contributed by atoms with Crippen molar-refractivity contribution in [3.63, 3.8) is 0 Å². The Hall–Kier alpha value is -2.33. The van der Waals surface area contributed by atoms with Gasteiger partial charge in [-0.15, -0.1) is 0 Å². The van der Waals surface area contributed by atoms with Crippen LogP contribution >= 0.6 is 0 Å². The van der Waals surface area contributed by atoms with E-state index in [1.807, 2.05) is 48.5 Å². The minimum Gasteiger partial charge on any atom is -0.489 e. The number of benzene rings is 2. The van der Waals surface area contributed by atoms with Crippen molar-refractivity contribution in [2.75, 3.05) is 13.1 Å². The number of hydrogen-bond donors (Lipinski definition) is 1. The third kappa shape index (κ3) is 3.46. The van der Waals surface area contributed by atoms with Crippen LogP contribution in [0.4, 0.5) is 0 Å². The Morgan fingerprint density at radius 1 is 1.18 bits per heavy atom. The van der Waals surface area contributed by atoms with E-state index in [9.17, 15) is 4.79 Å². The van der Waals surface area contributed by atoms with Crippen LogP contribution in [0.1, 0.15) is 22.3 Å². The lowest BCUT2D eigenvalue weighted by Crippen LogP contribution is -2.31. The molecule has 114 valence electrons. The van der Waals surface area contributed by atoms with Gasteiger partial charge in [0.25, 0.3) is 5.91 Å². The van der Waals surface area contributed by atoms with Crippen molar-refractivity contribution in [2.45, 2.75) is 19.1 Å². The second kappa shape index (κ2) is 6.62. The van der Waals surface area contributed by atoms with Crippen molar-refractivity contribution in [1.29, 1.82) is 0 Å². The maximum Gasteiger partial charge on any atom is 0.254 e. The lowest BCUT2D eigenvalue weighted by atomic mass is 10.2. The standard InChI is InChI=1S/C18H20N2O2/c19-16-9-10-20(12-16)18(21)15-7-4-8-17(11-15)22-13-14-5-2-1-3-6-14/h1-8,11,16H,9-10,12-13,19H2/t16-/m1/s1. The van der Waals surface area contributed by atoms with Crippen LogP contribution in [-0.4, -0.2) is 29.9 Å². The molecule has 0 radical (unpaired) electrons. The van der Waals surface area contributed by atoms with Crippen molar-refractivity contribution in [2.24, 2.45) is 5.73 Å². The molecule has 1 atom stereocenters. The normalized spacial score (nSPS) is 17.5. The fourth-order valence-electron chi connectivity index (χ4n) is 2.61. The number of carbonyl (C=O) groups excluding carboxylic acids is 1. The number of nitrogens with two attached hydrogens (primary N) is 1. The molecule has 2 aromatic carbocycles. The van der Waals surface area contributed by atoms with E-state index in [0.717, 1.165) is 18.5 Å². The quantitative estimate of drug-likeness (QED) is 0.943. The molecule has 2 N–H and O–H groups in total. The number of hydrogen-bond acceptors (Lipinski definition) is 3. The molecule has 0 aliphatic carbocycles. The highest BCUT2D eigenvalue weighted by Gasteiger charge is 2.24. The minimum absolute atomic E-state index is 0.0260. The van der Waals surface area contributed by atoms with E-state index >= 15 is 0 Å². The summed E-state index contributed by atoms with van der Waals surface area (Å²) in [5, 5.41) is 0. The SMILES string of the molecule is N[C@@H]1CCN(C(=O)c2cccc(OCc3ccccc3)c2)C1. The first kappa shape index (κ1) is 14.6. The Labute approximate surface area is 130 Å². The summed E-state index contributed by atoms with van der Waals surface area (Å²) in [6.07, 6.45) is 0.871. The van der Waals surface area contributed by atoms with Gasteiger partial charge in [0.1, 0.15) is 12.4 Å². The summed E-state index contributed by atoms with van der Waals surface area (Å²) < 4.78 is 5.77. The van der Waals surface area contributed by atoms with Crippen molar-refractivity contribution < 1.29 is 9.53 Å². The zero-order chi connectivity index (χ0) is 15.4. The van der Waals surface area contributed by atoms with E-state index in [-0.39, 0.29) is 11.9 Å². The summed E-state index contributed by atoms with van der Waals surface area (Å²) in [5.41, 5.74) is 7.62. The van der Waals surface area contributed by atoms with Gasteiger partial charge in [0.05, 0.1) is 0 Å². The lowest BCUT2D eigenvalue weighted by Gasteiger charge is -2.16. The molecule has 1 aliphatic heterocycles. The summed E-state index contributed by atoms with van der Waals surface area (Å²) >= 11 is 0. The van der Waals surface area contributed by atoms with Gasteiger partial charge < -0.3 is 15.4 Å². The summed E-state index contributed by atoms with van der Waals surface area (Å²) in [6, 6.07) is 17.4. The molecule has 4 heteroatoms. The Morgan fingerprint density at radius 3 is 2.73 bits per heavy atom. The highest BCUT2D eigenvalue weighted by Crippen LogP contribution is 2.18. The Bertz CT molecular complexity index is 643. The van der Waals surface area contributed by atoms with E-state index in [1.54, 1.807) is 11.0 Å². The zero-order valence-electron chi connectivity index (χ0n) is 12.4. The van der Waals surface area contributed by atoms with Crippen LogP contribution < -0.4 is 10.5 Å². The number of rotatable bonds is 4. The van der Waals surface area contributed by atoms with Gasteiger partial charge in [-0.1, -0.05) is 36.4 Å². The van der Waals surface area contributed by atoms with Crippen LogP contribution in [0.25, 0.3) is 0 Å². The summed E-state index contributed by atoms with van der Waals surface area (Å²) in [7, 11) is 0. The third-order valence-corrected chi connectivity index (χ3v) is 3.84. The molecule has 2 aromatic rings. The highest BCUT2D eigenvalue weighted by molar-refractivity contribution is 5.94. The summed E-state index contributed by atoms with van der Waals surface area (Å²) in [5.74, 6) is 0.733. The molecule has 0 bridgehead atoms. The number of ether oxygens (including phenoxy) is 1. The highest BCUT2D eigenvalue weighted by atomic mass is 16.5. The molecule has 22 heavy (non-hydrogen) atoms. The van der Waals surface area contributed by atoms with E-state index in [2.05, 4.69) is 0 Å². The van der Waals surface area contributed by atoms with Crippen molar-refractivity contribution in [3.05, 3.63) is 65.7 Å². The first-order chi connectivity index (χ1) is 10.7. The van der Waals surface area contributed by atoms with Crippen LogP contribution in [-0.2, 0) is 6.61 Å². The molecule has 1 saturated heterocycles. The van der Waals surface area contributed by atoms with Gasteiger partial charge in [-0.3, -0.25) is 4.79 Å². The number of likely N-dealkylation sites (tertiary alicyclic amines) is 1. The molecular formula is C18H20N2O2. The maximum absolute atomic E-state index is 12.4. The second-order valence-corrected chi connectivity index (χ2v) is 5.60. The Kier molecular flexibility index (Phi) is 4.39. The predicted molar refractivity (Wildman–Crippen MR) is 85.7 cm³/mol. The van der Waals surface area contributed by atoms with Gasteiger partial charge >= 0.3 is 0 Å². The van der Waals surface area contributed by atoms with Crippen LogP contribution in [0.15, 0.2) is 54.6 Å². The van der Waals surface area contributed by atoms with E-state index in [0.29, 0.717) is 24.5 Å². The van der Waals surface area contributed by atoms with Gasteiger partial charge in [0.2, 0.25) is 0 Å². The van der Waals surface area contributed by atoms with Crippen molar-refractivity contribution >= 4 is 5.91 Å². The van der Waals surface area contributed by atoms with Gasteiger partial charge in [-0.2, -0.15) is 0 Å². The molecule has 3 rings (SSSR count). The van der Waals surface area contributed by atoms with Crippen LogP contribution in [0.3, 0.4) is 0 Å². The van der Waals surface area contributed by atoms with Gasteiger partial charge in [-0.25, -0.2) is 0 Å². The molecule has 1 amide bonds. The largest absolute Gasteiger partial charge is 0.489 e. The molecule has 0 saturated carbocycles. The van der Waals surface area contributed by atoms with Crippen molar-refractivity contribution in [3.8, 4) is 5.75 Å². The monoisotopic (exact) mass is 296 g/mol. The van der Waals surface area contributed by atoms with Gasteiger partial charge in [0.15, 0.2) is 0 Å². The fraction of sp³-hybridized carbons (Fsp3) is 0.278. The smallest absolute Gasteiger partial charge is 0.254 e. The topological polar surface area (TPSA) is 55.6 Å². The molecule has 1 fully saturated rings. The van der Waals surface area contributed by atoms with E-state index < -0.39 is 0 Å². The average molecular weight is 296 g/mol. The van der Waals surface area contributed by atoms with E-state index in [4.69, 9.17) is 10.5 Å². The van der Waals surface area contributed by atoms with Crippen LogP contribution in [0.2, 0.25) is 0 Å².